The zero-order valence-corrected chi connectivity index (χ0v) is 21.9. The van der Waals surface area contributed by atoms with Crippen LogP contribution in [0.2, 0.25) is 0 Å². The lowest BCUT2D eigenvalue weighted by molar-refractivity contribution is -0.162. The summed E-state index contributed by atoms with van der Waals surface area (Å²) in [6.07, 6.45) is 10.8. The molecule has 6 nitrogen and oxygen atoms in total. The summed E-state index contributed by atoms with van der Waals surface area (Å²) in [5.41, 5.74) is 1.19. The molecule has 0 spiro atoms. The maximum atomic E-state index is 12.8. The van der Waals surface area contributed by atoms with Crippen LogP contribution in [0.25, 0.3) is 0 Å². The van der Waals surface area contributed by atoms with Gasteiger partial charge in [0.15, 0.2) is 0 Å². The van der Waals surface area contributed by atoms with Gasteiger partial charge in [-0.05, 0) is 65.2 Å². The Bertz CT molecular complexity index is 974. The predicted molar refractivity (Wildman–Crippen MR) is 141 cm³/mol. The normalized spacial score (nSPS) is 31.0. The fraction of sp³-hybridized carbons (Fsp3) is 0.467. The molecule has 0 saturated carbocycles. The van der Waals surface area contributed by atoms with Gasteiger partial charge in [0.25, 0.3) is 0 Å². The second-order valence-electron chi connectivity index (χ2n) is 9.53. The number of aliphatic hydroxyl groups is 2. The van der Waals surface area contributed by atoms with Gasteiger partial charge in [0.2, 0.25) is 0 Å². The van der Waals surface area contributed by atoms with Crippen molar-refractivity contribution in [3.63, 3.8) is 0 Å². The van der Waals surface area contributed by atoms with Crippen LogP contribution in [0.15, 0.2) is 77.9 Å². The van der Waals surface area contributed by atoms with Crippen LogP contribution in [0.3, 0.4) is 0 Å². The Morgan fingerprint density at radius 3 is 2.39 bits per heavy atom. The first-order valence-corrected chi connectivity index (χ1v) is 12.6. The van der Waals surface area contributed by atoms with E-state index >= 15 is 0 Å². The third-order valence-corrected chi connectivity index (χ3v) is 6.35. The van der Waals surface area contributed by atoms with Gasteiger partial charge in [-0.25, -0.2) is 4.79 Å². The van der Waals surface area contributed by atoms with Crippen molar-refractivity contribution in [2.75, 3.05) is 6.61 Å². The Labute approximate surface area is 215 Å². The highest BCUT2D eigenvalue weighted by Gasteiger charge is 2.42. The topological polar surface area (TPSA) is 93.1 Å². The Morgan fingerprint density at radius 1 is 1.00 bits per heavy atom. The van der Waals surface area contributed by atoms with E-state index in [0.29, 0.717) is 5.56 Å². The summed E-state index contributed by atoms with van der Waals surface area (Å²) in [5.74, 6) is -1.00. The molecule has 0 amide bonds. The monoisotopic (exact) mass is 496 g/mol. The lowest BCUT2D eigenvalue weighted by Gasteiger charge is -2.33. The summed E-state index contributed by atoms with van der Waals surface area (Å²) in [6, 6.07) is 8.67. The lowest BCUT2D eigenvalue weighted by Crippen LogP contribution is -2.43. The number of aliphatic hydroxyl groups excluding tert-OH is 2. The minimum atomic E-state index is -1.23. The van der Waals surface area contributed by atoms with Crippen molar-refractivity contribution in [2.45, 2.75) is 78.1 Å². The molecule has 4 atom stereocenters. The number of carbonyl (C=O) groups excluding carboxylic acids is 2. The molecule has 0 bridgehead atoms. The first kappa shape index (κ1) is 29.3. The van der Waals surface area contributed by atoms with E-state index in [9.17, 15) is 19.8 Å². The van der Waals surface area contributed by atoms with Crippen LogP contribution >= 0.6 is 0 Å². The molecule has 1 aliphatic rings. The summed E-state index contributed by atoms with van der Waals surface area (Å²) in [7, 11) is 0. The van der Waals surface area contributed by atoms with Crippen LogP contribution < -0.4 is 0 Å². The number of hydrogen-bond acceptors (Lipinski definition) is 6. The molecule has 2 N–H and O–H groups in total. The molecule has 0 radical (unpaired) electrons. The van der Waals surface area contributed by atoms with E-state index in [1.165, 1.54) is 0 Å². The molecule has 0 heterocycles. The molecular weight excluding hydrogens is 456 g/mol. The summed E-state index contributed by atoms with van der Waals surface area (Å²) in [4.78, 5) is 25.5. The van der Waals surface area contributed by atoms with Gasteiger partial charge >= 0.3 is 11.9 Å². The van der Waals surface area contributed by atoms with Gasteiger partial charge in [-0.1, -0.05) is 59.7 Å². The molecule has 1 aliphatic carbocycles. The van der Waals surface area contributed by atoms with Gasteiger partial charge in [0, 0.05) is 12.8 Å². The average molecular weight is 497 g/mol. The first-order valence-electron chi connectivity index (χ1n) is 12.6. The Balaban J connectivity index is 2.32. The molecule has 0 unspecified atom stereocenters. The molecule has 6 heteroatoms. The highest BCUT2D eigenvalue weighted by molar-refractivity contribution is 5.89. The van der Waals surface area contributed by atoms with Crippen molar-refractivity contribution < 1.29 is 29.3 Å². The molecule has 0 aromatic heterocycles. The quantitative estimate of drug-likeness (QED) is 0.537. The number of esters is 2. The van der Waals surface area contributed by atoms with Crippen LogP contribution in [-0.4, -0.2) is 47.1 Å². The van der Waals surface area contributed by atoms with Crippen molar-refractivity contribution in [3.05, 3.63) is 83.5 Å². The highest BCUT2D eigenvalue weighted by Crippen LogP contribution is 2.33. The van der Waals surface area contributed by atoms with Crippen molar-refractivity contribution in [1.82, 2.24) is 0 Å². The number of rotatable bonds is 4. The number of allylic oxidation sites excluding steroid dienone is 7. The third kappa shape index (κ3) is 9.25. The maximum Gasteiger partial charge on any atom is 0.338 e. The molecule has 1 aromatic carbocycles. The van der Waals surface area contributed by atoms with E-state index in [0.717, 1.165) is 24.0 Å². The Kier molecular flexibility index (Phi) is 11.8. The summed E-state index contributed by atoms with van der Waals surface area (Å²) in [5, 5.41) is 22.0. The molecule has 36 heavy (non-hydrogen) atoms. The minimum absolute atomic E-state index is 0.0694. The van der Waals surface area contributed by atoms with Crippen molar-refractivity contribution in [3.8, 4) is 0 Å². The van der Waals surface area contributed by atoms with Gasteiger partial charge < -0.3 is 19.7 Å². The second kappa shape index (κ2) is 14.6. The first-order chi connectivity index (χ1) is 17.2. The van der Waals surface area contributed by atoms with Gasteiger partial charge in [-0.3, -0.25) is 4.79 Å². The number of benzene rings is 1. The Hall–Kier alpha value is -2.96. The smallest absolute Gasteiger partial charge is 0.338 e. The van der Waals surface area contributed by atoms with Crippen LogP contribution in [0, 0.1) is 5.41 Å². The predicted octanol–water partition coefficient (Wildman–Crippen LogP) is 5.47. The van der Waals surface area contributed by atoms with Crippen LogP contribution in [0.5, 0.6) is 0 Å². The zero-order chi connectivity index (χ0) is 26.6. The van der Waals surface area contributed by atoms with Gasteiger partial charge in [0.05, 0.1) is 29.8 Å². The van der Waals surface area contributed by atoms with Crippen LogP contribution in [0.1, 0.15) is 70.2 Å². The second-order valence-corrected chi connectivity index (χ2v) is 9.53. The van der Waals surface area contributed by atoms with Gasteiger partial charge in [0.1, 0.15) is 6.10 Å². The van der Waals surface area contributed by atoms with E-state index < -0.39 is 35.7 Å². The van der Waals surface area contributed by atoms with Crippen LogP contribution in [0.4, 0.5) is 0 Å². The van der Waals surface area contributed by atoms with E-state index in [1.807, 2.05) is 38.1 Å². The largest absolute Gasteiger partial charge is 0.465 e. The standard InChI is InChI=1S/C30H40O6/c1-5-35-29(34)30(4)19-18-23(3)13-9-6-8-12-22(2)16-17-26(20-25(31)21-27(30)32)36-28(33)24-14-10-7-11-15-24/h7,9-18,25-27,31-32H,5-6,8,19-21H2,1-4H3/b13-9+,17-16+,22-12+,23-18+/t25-,26-,27-,30-/m1/s1. The third-order valence-electron chi connectivity index (χ3n) is 6.35. The molecule has 0 fully saturated rings. The number of carbonyl (C=O) groups is 2. The maximum absolute atomic E-state index is 12.8. The molecule has 2 rings (SSSR count). The summed E-state index contributed by atoms with van der Waals surface area (Å²) < 4.78 is 11.0. The lowest BCUT2D eigenvalue weighted by atomic mass is 9.77. The Morgan fingerprint density at radius 2 is 1.69 bits per heavy atom. The van der Waals surface area contributed by atoms with Crippen LogP contribution in [-0.2, 0) is 14.3 Å². The highest BCUT2D eigenvalue weighted by atomic mass is 16.5. The molecule has 0 saturated heterocycles. The number of hydrogen-bond donors (Lipinski definition) is 2. The van der Waals surface area contributed by atoms with E-state index in [2.05, 4.69) is 12.2 Å². The van der Waals surface area contributed by atoms with Gasteiger partial charge in [-0.15, -0.1) is 0 Å². The minimum Gasteiger partial charge on any atom is -0.465 e. The molecule has 1 aromatic rings. The van der Waals surface area contributed by atoms with Gasteiger partial charge in [-0.2, -0.15) is 0 Å². The summed E-state index contributed by atoms with van der Waals surface area (Å²) >= 11 is 0. The fourth-order valence-electron chi connectivity index (χ4n) is 3.92. The molecular formula is C30H40O6. The average Bonchev–Trinajstić information content (AvgIpc) is 2.85. The van der Waals surface area contributed by atoms with E-state index in [1.54, 1.807) is 44.2 Å². The zero-order valence-electron chi connectivity index (χ0n) is 21.9. The van der Waals surface area contributed by atoms with E-state index in [4.69, 9.17) is 9.47 Å². The van der Waals surface area contributed by atoms with Crippen molar-refractivity contribution >= 4 is 11.9 Å². The van der Waals surface area contributed by atoms with Crippen molar-refractivity contribution in [1.29, 1.82) is 0 Å². The molecule has 0 aliphatic heterocycles. The SMILES string of the molecule is CCOC(=O)[C@]1(C)C/C=C(C)/C=C/CC/C=C(C)/C=C/[C@@H](OC(=O)c2ccccc2)C[C@@H](O)C[C@H]1O. The molecule has 196 valence electrons. The fourth-order valence-corrected chi connectivity index (χ4v) is 3.92. The van der Waals surface area contributed by atoms with E-state index in [-0.39, 0.29) is 25.9 Å². The van der Waals surface area contributed by atoms with Crippen molar-refractivity contribution in [2.24, 2.45) is 5.41 Å². The summed E-state index contributed by atoms with van der Waals surface area (Å²) in [6.45, 7) is 7.50. The number of ether oxygens (including phenoxy) is 2.